The first-order chi connectivity index (χ1) is 14.7. The van der Waals surface area contributed by atoms with Crippen LogP contribution in [0.3, 0.4) is 0 Å². The monoisotopic (exact) mass is 486 g/mol. The maximum atomic E-state index is 13.5. The molecule has 0 spiro atoms. The predicted molar refractivity (Wildman–Crippen MR) is 120 cm³/mol. The molecule has 10 heteroatoms. The summed E-state index contributed by atoms with van der Waals surface area (Å²) in [5.74, 6) is -0.529. The third-order valence-electron chi connectivity index (χ3n) is 5.53. The number of hydrogen-bond acceptors (Lipinski definition) is 4. The Kier molecular flexibility index (Phi) is 6.70. The molecule has 174 valence electrons. The number of fused-ring (bicyclic) bond motifs is 1. The van der Waals surface area contributed by atoms with E-state index in [1.54, 1.807) is 19.9 Å². The van der Waals surface area contributed by atoms with Gasteiger partial charge in [0.2, 0.25) is 10.0 Å². The van der Waals surface area contributed by atoms with Crippen LogP contribution < -0.4 is 4.90 Å². The summed E-state index contributed by atoms with van der Waals surface area (Å²) in [6, 6.07) is 6.31. The van der Waals surface area contributed by atoms with Crippen molar-refractivity contribution in [1.82, 2.24) is 4.31 Å². The van der Waals surface area contributed by atoms with Crippen molar-refractivity contribution in [3.63, 3.8) is 0 Å². The number of benzene rings is 2. The quantitative estimate of drug-likeness (QED) is 0.606. The zero-order valence-corrected chi connectivity index (χ0v) is 20.1. The Hall–Kier alpha value is -2.04. The lowest BCUT2D eigenvalue weighted by Crippen LogP contribution is -2.33. The van der Waals surface area contributed by atoms with Crippen LogP contribution in [0.5, 0.6) is 0 Å². The highest BCUT2D eigenvalue weighted by Crippen LogP contribution is 2.42. The van der Waals surface area contributed by atoms with Crippen LogP contribution in [-0.4, -0.2) is 44.5 Å². The van der Waals surface area contributed by atoms with Gasteiger partial charge in [0.15, 0.2) is 0 Å². The maximum absolute atomic E-state index is 13.5. The van der Waals surface area contributed by atoms with Crippen molar-refractivity contribution >= 4 is 33.4 Å². The minimum Gasteiger partial charge on any atom is -0.307 e. The molecule has 1 atom stereocenters. The van der Waals surface area contributed by atoms with Crippen LogP contribution in [0.15, 0.2) is 40.1 Å². The van der Waals surface area contributed by atoms with Gasteiger partial charge >= 0.3 is 6.18 Å². The molecule has 0 N–H and O–H groups in total. The highest BCUT2D eigenvalue weighted by atomic mass is 32.2. The summed E-state index contributed by atoms with van der Waals surface area (Å²) in [5, 5.41) is 0.104. The van der Waals surface area contributed by atoms with E-state index in [0.717, 1.165) is 16.4 Å². The predicted octanol–water partition coefficient (Wildman–Crippen LogP) is 5.10. The number of carbonyl (C=O) groups excluding carboxylic acids is 1. The first-order valence-electron chi connectivity index (χ1n) is 9.97. The largest absolute Gasteiger partial charge is 0.416 e. The van der Waals surface area contributed by atoms with E-state index in [4.69, 9.17) is 0 Å². The topological polar surface area (TPSA) is 57.7 Å². The second kappa shape index (κ2) is 8.72. The molecule has 1 heterocycles. The number of halogens is 3. The van der Waals surface area contributed by atoms with Gasteiger partial charge in [0.05, 0.1) is 16.1 Å². The SMILES string of the molecule is Cc1cc(C(=O)N2CCC(C)Sc3ccc(C(F)(F)F)cc32)cc(S(=O)(=O)N(C)C)c1C. The molecule has 1 unspecified atom stereocenters. The van der Waals surface area contributed by atoms with Gasteiger partial charge in [0, 0.05) is 36.3 Å². The number of sulfonamides is 1. The van der Waals surface area contributed by atoms with Gasteiger partial charge in [-0.05, 0) is 61.7 Å². The molecule has 1 amide bonds. The highest BCUT2D eigenvalue weighted by Gasteiger charge is 2.34. The van der Waals surface area contributed by atoms with Crippen LogP contribution in [0.25, 0.3) is 0 Å². The smallest absolute Gasteiger partial charge is 0.307 e. The van der Waals surface area contributed by atoms with Gasteiger partial charge in [-0.15, -0.1) is 11.8 Å². The molecule has 1 aliphatic heterocycles. The molecule has 0 aliphatic carbocycles. The molecule has 0 saturated carbocycles. The van der Waals surface area contributed by atoms with E-state index in [0.29, 0.717) is 22.4 Å². The molecule has 3 rings (SSSR count). The van der Waals surface area contributed by atoms with Crippen LogP contribution in [-0.2, 0) is 16.2 Å². The van der Waals surface area contributed by atoms with Crippen LogP contribution in [0, 0.1) is 13.8 Å². The lowest BCUT2D eigenvalue weighted by Gasteiger charge is -2.25. The van der Waals surface area contributed by atoms with Crippen LogP contribution >= 0.6 is 11.8 Å². The Morgan fingerprint density at radius 2 is 1.81 bits per heavy atom. The van der Waals surface area contributed by atoms with Crippen LogP contribution in [0.1, 0.15) is 40.4 Å². The van der Waals surface area contributed by atoms with E-state index >= 15 is 0 Å². The molecular weight excluding hydrogens is 461 g/mol. The summed E-state index contributed by atoms with van der Waals surface area (Å²) in [5.41, 5.74) is 0.610. The van der Waals surface area contributed by atoms with Crippen molar-refractivity contribution in [3.05, 3.63) is 52.6 Å². The molecule has 5 nitrogen and oxygen atoms in total. The number of aryl methyl sites for hydroxylation is 1. The van der Waals surface area contributed by atoms with Gasteiger partial charge in [0.1, 0.15) is 0 Å². The summed E-state index contributed by atoms with van der Waals surface area (Å²) in [6.07, 6.45) is -3.96. The molecule has 2 aromatic carbocycles. The fourth-order valence-electron chi connectivity index (χ4n) is 3.49. The van der Waals surface area contributed by atoms with Crippen molar-refractivity contribution in [1.29, 1.82) is 0 Å². The van der Waals surface area contributed by atoms with Gasteiger partial charge in [-0.25, -0.2) is 12.7 Å². The number of amides is 1. The Balaban J connectivity index is 2.15. The summed E-state index contributed by atoms with van der Waals surface area (Å²) in [4.78, 5) is 15.4. The number of rotatable bonds is 3. The fraction of sp³-hybridized carbons (Fsp3) is 0.409. The highest BCUT2D eigenvalue weighted by molar-refractivity contribution is 8.00. The van der Waals surface area contributed by atoms with Crippen LogP contribution in [0.4, 0.5) is 18.9 Å². The minimum atomic E-state index is -4.54. The summed E-state index contributed by atoms with van der Waals surface area (Å²) in [6.45, 7) is 5.55. The number of carbonyl (C=O) groups is 1. The van der Waals surface area contributed by atoms with Crippen molar-refractivity contribution in [2.75, 3.05) is 25.5 Å². The van der Waals surface area contributed by atoms with Gasteiger partial charge in [-0.3, -0.25) is 4.79 Å². The van der Waals surface area contributed by atoms with Gasteiger partial charge in [-0.1, -0.05) is 6.92 Å². The minimum absolute atomic E-state index is 0.00711. The number of anilines is 1. The van der Waals surface area contributed by atoms with Crippen LogP contribution in [0.2, 0.25) is 0 Å². The average molecular weight is 487 g/mol. The van der Waals surface area contributed by atoms with E-state index in [1.807, 2.05) is 6.92 Å². The molecule has 0 radical (unpaired) electrons. The number of nitrogens with zero attached hydrogens (tertiary/aromatic N) is 2. The van der Waals surface area contributed by atoms with Crippen molar-refractivity contribution < 1.29 is 26.4 Å². The molecule has 32 heavy (non-hydrogen) atoms. The fourth-order valence-corrected chi connectivity index (χ4v) is 5.80. The first-order valence-corrected chi connectivity index (χ1v) is 12.3. The second-order valence-electron chi connectivity index (χ2n) is 8.06. The zero-order valence-electron chi connectivity index (χ0n) is 18.4. The summed E-state index contributed by atoms with van der Waals surface area (Å²) in [7, 11) is -1.00. The maximum Gasteiger partial charge on any atom is 0.416 e. The van der Waals surface area contributed by atoms with Crippen molar-refractivity contribution in [3.8, 4) is 0 Å². The zero-order chi connectivity index (χ0) is 24.0. The molecule has 2 aromatic rings. The number of alkyl halides is 3. The Morgan fingerprint density at radius 1 is 1.16 bits per heavy atom. The van der Waals surface area contributed by atoms with E-state index in [2.05, 4.69) is 0 Å². The third-order valence-corrected chi connectivity index (χ3v) is 8.71. The lowest BCUT2D eigenvalue weighted by atomic mass is 10.0. The van der Waals surface area contributed by atoms with E-state index in [9.17, 15) is 26.4 Å². The Labute approximate surface area is 190 Å². The third kappa shape index (κ3) is 4.67. The molecule has 0 aromatic heterocycles. The van der Waals surface area contributed by atoms with Gasteiger partial charge in [-0.2, -0.15) is 13.2 Å². The summed E-state index contributed by atoms with van der Waals surface area (Å²) >= 11 is 1.42. The molecule has 0 fully saturated rings. The lowest BCUT2D eigenvalue weighted by molar-refractivity contribution is -0.137. The normalized spacial score (nSPS) is 17.3. The van der Waals surface area contributed by atoms with Gasteiger partial charge in [0.25, 0.3) is 5.91 Å². The van der Waals surface area contributed by atoms with E-state index in [1.165, 1.54) is 42.9 Å². The van der Waals surface area contributed by atoms with E-state index < -0.39 is 27.7 Å². The second-order valence-corrected chi connectivity index (χ2v) is 11.7. The molecule has 0 saturated heterocycles. The molecule has 1 aliphatic rings. The van der Waals surface area contributed by atoms with Gasteiger partial charge < -0.3 is 4.90 Å². The number of hydrogen-bond donors (Lipinski definition) is 0. The van der Waals surface area contributed by atoms with E-state index in [-0.39, 0.29) is 27.9 Å². The average Bonchev–Trinajstić information content (AvgIpc) is 2.85. The molecular formula is C22H25F3N2O3S2. The van der Waals surface area contributed by atoms with Crippen molar-refractivity contribution in [2.45, 2.75) is 48.4 Å². The standard InChI is InChI=1S/C22H25F3N2O3S2/c1-13-10-16(11-20(15(13)3)32(29,30)26(4)5)21(28)27-9-8-14(2)31-19-7-6-17(12-18(19)27)22(23,24)25/h6-7,10-12,14H,8-9H2,1-5H3. The Morgan fingerprint density at radius 3 is 2.41 bits per heavy atom. The summed E-state index contributed by atoms with van der Waals surface area (Å²) < 4.78 is 66.7. The molecule has 0 bridgehead atoms. The van der Waals surface area contributed by atoms with Crippen molar-refractivity contribution in [2.24, 2.45) is 0 Å². The number of thioether (sulfide) groups is 1. The Bertz CT molecular complexity index is 1160. The first kappa shape index (κ1) is 24.6.